The maximum absolute atomic E-state index is 13.2. The second-order valence-corrected chi connectivity index (χ2v) is 10.3. The van der Waals surface area contributed by atoms with Crippen LogP contribution < -0.4 is 25.8 Å². The Morgan fingerprint density at radius 2 is 1.86 bits per heavy atom. The molecule has 3 aromatic heterocycles. The quantitative estimate of drug-likeness (QED) is 0.541. The Morgan fingerprint density at radius 3 is 2.63 bits per heavy atom. The van der Waals surface area contributed by atoms with Gasteiger partial charge in [0, 0.05) is 45.3 Å². The molecular weight excluding hydrogens is 468 g/mol. The zero-order chi connectivity index (χ0) is 23.8. The van der Waals surface area contributed by atoms with E-state index < -0.39 is 0 Å². The molecule has 35 heavy (non-hydrogen) atoms. The predicted molar refractivity (Wildman–Crippen MR) is 136 cm³/mol. The number of amides is 1. The van der Waals surface area contributed by atoms with E-state index in [2.05, 4.69) is 20.1 Å². The molecule has 0 saturated carbocycles. The lowest BCUT2D eigenvalue weighted by Crippen LogP contribution is -2.36. The minimum absolute atomic E-state index is 0.103. The topological polar surface area (TPSA) is 126 Å². The third-order valence-electron chi connectivity index (χ3n) is 6.76. The lowest BCUT2D eigenvalue weighted by atomic mass is 10.1. The van der Waals surface area contributed by atoms with E-state index in [9.17, 15) is 4.79 Å². The van der Waals surface area contributed by atoms with Crippen LogP contribution in [0.2, 0.25) is 0 Å². The molecule has 0 bridgehead atoms. The Kier molecular flexibility index (Phi) is 6.17. The molecule has 6 heterocycles. The van der Waals surface area contributed by atoms with Gasteiger partial charge in [-0.3, -0.25) is 4.79 Å². The summed E-state index contributed by atoms with van der Waals surface area (Å²) in [4.78, 5) is 33.8. The molecule has 1 atom stereocenters. The molecular formula is C23H30N8O3S. The Labute approximate surface area is 207 Å². The van der Waals surface area contributed by atoms with Crippen LogP contribution in [-0.4, -0.2) is 79.4 Å². The van der Waals surface area contributed by atoms with Crippen molar-refractivity contribution in [1.29, 1.82) is 0 Å². The van der Waals surface area contributed by atoms with Gasteiger partial charge in [-0.2, -0.15) is 9.97 Å². The molecule has 3 fully saturated rings. The van der Waals surface area contributed by atoms with Crippen molar-refractivity contribution in [1.82, 2.24) is 15.0 Å². The Balaban J connectivity index is 1.29. The molecule has 0 radical (unpaired) electrons. The molecule has 3 saturated heterocycles. The van der Waals surface area contributed by atoms with Crippen LogP contribution in [0.1, 0.15) is 36.2 Å². The number of oxazole rings is 1. The number of carbonyl (C=O) groups excluding carboxylic acids is 1. The van der Waals surface area contributed by atoms with Crippen molar-refractivity contribution in [3.05, 3.63) is 18.0 Å². The average molecular weight is 499 g/mol. The minimum Gasteiger partial charge on any atom is -0.431 e. The number of nitrogens with zero attached hydrogens (tertiary/aromatic N) is 6. The zero-order valence-electron chi connectivity index (χ0n) is 19.6. The minimum atomic E-state index is -0.319. The Bertz CT molecular complexity index is 1200. The lowest BCUT2D eigenvalue weighted by molar-refractivity contribution is 0.102. The number of nitrogens with one attached hydrogen (secondary N) is 1. The highest BCUT2D eigenvalue weighted by atomic mass is 32.1. The summed E-state index contributed by atoms with van der Waals surface area (Å²) in [7, 11) is 0. The molecule has 1 unspecified atom stereocenters. The van der Waals surface area contributed by atoms with Gasteiger partial charge in [-0.25, -0.2) is 4.98 Å². The number of anilines is 4. The molecule has 11 nitrogen and oxygen atoms in total. The van der Waals surface area contributed by atoms with Crippen LogP contribution in [0, 0.1) is 0 Å². The van der Waals surface area contributed by atoms with E-state index in [1.165, 1.54) is 12.7 Å². The maximum atomic E-state index is 13.2. The van der Waals surface area contributed by atoms with Crippen molar-refractivity contribution in [2.45, 2.75) is 31.7 Å². The van der Waals surface area contributed by atoms with Crippen LogP contribution in [0.25, 0.3) is 10.3 Å². The van der Waals surface area contributed by atoms with Gasteiger partial charge < -0.3 is 34.9 Å². The molecule has 12 heteroatoms. The summed E-state index contributed by atoms with van der Waals surface area (Å²) < 4.78 is 12.0. The maximum Gasteiger partial charge on any atom is 0.298 e. The summed E-state index contributed by atoms with van der Waals surface area (Å²) in [6, 6.07) is 2.53. The third kappa shape index (κ3) is 4.65. The summed E-state index contributed by atoms with van der Waals surface area (Å²) in [6.45, 7) is 6.31. The lowest BCUT2D eigenvalue weighted by Gasteiger charge is -2.29. The van der Waals surface area contributed by atoms with Crippen molar-refractivity contribution in [3.63, 3.8) is 0 Å². The fourth-order valence-electron chi connectivity index (χ4n) is 4.83. The molecule has 0 aromatic carbocycles. The van der Waals surface area contributed by atoms with Crippen LogP contribution in [0.4, 0.5) is 22.7 Å². The number of carbonyl (C=O) groups is 1. The highest BCUT2D eigenvalue weighted by Gasteiger charge is 2.26. The van der Waals surface area contributed by atoms with Crippen LogP contribution in [0.15, 0.2) is 16.7 Å². The number of pyridine rings is 1. The summed E-state index contributed by atoms with van der Waals surface area (Å²) >= 11 is 1.59. The van der Waals surface area contributed by atoms with E-state index in [0.717, 1.165) is 67.6 Å². The average Bonchev–Trinajstić information content (AvgIpc) is 3.64. The molecule has 3 N–H and O–H groups in total. The Hall–Kier alpha value is -2.96. The molecule has 0 spiro atoms. The van der Waals surface area contributed by atoms with Crippen LogP contribution in [0.3, 0.4) is 0 Å². The first-order chi connectivity index (χ1) is 17.1. The molecule has 3 aromatic rings. The summed E-state index contributed by atoms with van der Waals surface area (Å²) in [5, 5.41) is 3.99. The molecule has 186 valence electrons. The highest BCUT2D eigenvalue weighted by molar-refractivity contribution is 7.22. The van der Waals surface area contributed by atoms with Crippen molar-refractivity contribution >= 4 is 50.2 Å². The number of rotatable bonds is 5. The number of thiazole rings is 1. The van der Waals surface area contributed by atoms with E-state index in [4.69, 9.17) is 24.9 Å². The van der Waals surface area contributed by atoms with Crippen molar-refractivity contribution in [2.75, 3.05) is 72.5 Å². The SMILES string of the molecule is NC1CCN(c2nc(C(=O)Nc3cc4sc(N5CCOCC5)nc4nc3N3CCCCC3)co2)C1. The number of aromatic nitrogens is 3. The van der Waals surface area contributed by atoms with Gasteiger partial charge in [0.25, 0.3) is 11.9 Å². The number of hydrogen-bond acceptors (Lipinski definition) is 11. The van der Waals surface area contributed by atoms with Gasteiger partial charge in [0.05, 0.1) is 23.6 Å². The fourth-order valence-corrected chi connectivity index (χ4v) is 5.83. The second kappa shape index (κ2) is 9.59. The zero-order valence-corrected chi connectivity index (χ0v) is 20.4. The van der Waals surface area contributed by atoms with Crippen LogP contribution >= 0.6 is 11.3 Å². The largest absolute Gasteiger partial charge is 0.431 e. The molecule has 3 aliphatic heterocycles. The van der Waals surface area contributed by atoms with Crippen molar-refractivity contribution in [2.24, 2.45) is 5.73 Å². The molecule has 3 aliphatic rings. The number of fused-ring (bicyclic) bond motifs is 1. The standard InChI is InChI=1S/C23H30N8O3S/c24-15-4-7-31(13-15)22-26-17(14-34-22)21(32)25-16-12-18-19(27-20(16)29-5-2-1-3-6-29)28-23(35-18)30-8-10-33-11-9-30/h12,14-15H,1-11,13,24H2,(H,25,32). The number of ether oxygens (including phenoxy) is 1. The number of hydrogen-bond donors (Lipinski definition) is 2. The monoisotopic (exact) mass is 498 g/mol. The molecule has 6 rings (SSSR count). The number of piperidine rings is 1. The summed E-state index contributed by atoms with van der Waals surface area (Å²) in [5.74, 6) is 0.444. The van der Waals surface area contributed by atoms with Crippen molar-refractivity contribution < 1.29 is 13.9 Å². The smallest absolute Gasteiger partial charge is 0.298 e. The molecule has 0 aliphatic carbocycles. The third-order valence-corrected chi connectivity index (χ3v) is 7.81. The van der Waals surface area contributed by atoms with E-state index in [1.54, 1.807) is 11.3 Å². The van der Waals surface area contributed by atoms with E-state index in [1.807, 2.05) is 11.0 Å². The summed E-state index contributed by atoms with van der Waals surface area (Å²) in [6.07, 6.45) is 5.71. The number of morpholine rings is 1. The predicted octanol–water partition coefficient (Wildman–Crippen LogP) is 2.30. The second-order valence-electron chi connectivity index (χ2n) is 9.29. The fraction of sp³-hybridized carbons (Fsp3) is 0.565. The first-order valence-corrected chi connectivity index (χ1v) is 13.1. The van der Waals surface area contributed by atoms with Gasteiger partial charge in [0.2, 0.25) is 0 Å². The van der Waals surface area contributed by atoms with E-state index in [0.29, 0.717) is 37.1 Å². The van der Waals surface area contributed by atoms with Crippen LogP contribution in [0.5, 0.6) is 0 Å². The van der Waals surface area contributed by atoms with Gasteiger partial charge in [-0.1, -0.05) is 11.3 Å². The van der Waals surface area contributed by atoms with Gasteiger partial charge in [-0.05, 0) is 31.7 Å². The van der Waals surface area contributed by atoms with Gasteiger partial charge in [-0.15, -0.1) is 0 Å². The molecule has 1 amide bonds. The highest BCUT2D eigenvalue weighted by Crippen LogP contribution is 2.35. The van der Waals surface area contributed by atoms with Gasteiger partial charge >= 0.3 is 0 Å². The summed E-state index contributed by atoms with van der Waals surface area (Å²) in [5.41, 5.74) is 7.62. The Morgan fingerprint density at radius 1 is 1.03 bits per heavy atom. The van der Waals surface area contributed by atoms with Crippen LogP contribution in [-0.2, 0) is 4.74 Å². The first kappa shape index (κ1) is 22.5. The van der Waals surface area contributed by atoms with Gasteiger partial charge in [0.1, 0.15) is 6.26 Å². The van der Waals surface area contributed by atoms with E-state index in [-0.39, 0.29) is 17.6 Å². The first-order valence-electron chi connectivity index (χ1n) is 12.3. The van der Waals surface area contributed by atoms with Crippen molar-refractivity contribution in [3.8, 4) is 0 Å². The van der Waals surface area contributed by atoms with E-state index >= 15 is 0 Å². The van der Waals surface area contributed by atoms with Gasteiger partial charge in [0.15, 0.2) is 22.3 Å². The number of nitrogens with two attached hydrogens (primary N) is 1. The normalized spacial score (nSPS) is 21.2.